The second kappa shape index (κ2) is 7.37. The molecule has 0 aliphatic carbocycles. The van der Waals surface area contributed by atoms with E-state index in [0.717, 1.165) is 12.3 Å². The lowest BCUT2D eigenvalue weighted by molar-refractivity contribution is -0.137. The third-order valence-electron chi connectivity index (χ3n) is 4.31. The predicted octanol–water partition coefficient (Wildman–Crippen LogP) is 3.49. The van der Waals surface area contributed by atoms with Crippen molar-refractivity contribution in [2.75, 3.05) is 0 Å². The fraction of sp³-hybridized carbons (Fsp3) is 0.0455. The van der Waals surface area contributed by atoms with Gasteiger partial charge in [-0.05, 0) is 30.3 Å². The van der Waals surface area contributed by atoms with Crippen LogP contribution < -0.4 is 11.2 Å². The van der Waals surface area contributed by atoms with Gasteiger partial charge in [0.15, 0.2) is 5.82 Å². The minimum Gasteiger partial charge on any atom is -0.306 e. The van der Waals surface area contributed by atoms with Crippen LogP contribution in [0.4, 0.5) is 13.2 Å². The molecular weight excluding hydrogens is 395 g/mol. The van der Waals surface area contributed by atoms with Crippen LogP contribution in [-0.2, 0) is 6.18 Å². The van der Waals surface area contributed by atoms with Crippen LogP contribution in [0.1, 0.15) is 16.7 Å². The molecule has 0 aliphatic rings. The Kier molecular flexibility index (Phi) is 4.72. The molecule has 2 heterocycles. The van der Waals surface area contributed by atoms with Gasteiger partial charge in [0.1, 0.15) is 5.56 Å². The van der Waals surface area contributed by atoms with Gasteiger partial charge in [-0.3, -0.25) is 4.79 Å². The summed E-state index contributed by atoms with van der Waals surface area (Å²) in [4.78, 5) is 31.3. The summed E-state index contributed by atoms with van der Waals surface area (Å²) in [5.74, 6) is 4.58. The SMILES string of the molecule is O=c1[nH]c2ccccc2c(=O)n1-c1ncc(C#Cc2ccccc2)cc1C(F)(F)F. The highest BCUT2D eigenvalue weighted by Gasteiger charge is 2.36. The van der Waals surface area contributed by atoms with Crippen molar-refractivity contribution < 1.29 is 13.2 Å². The van der Waals surface area contributed by atoms with Crippen LogP contribution in [0.5, 0.6) is 0 Å². The van der Waals surface area contributed by atoms with Crippen LogP contribution in [0, 0.1) is 11.8 Å². The van der Waals surface area contributed by atoms with Gasteiger partial charge in [-0.1, -0.05) is 42.2 Å². The molecule has 8 heteroatoms. The number of alkyl halides is 3. The number of halogens is 3. The molecule has 0 radical (unpaired) electrons. The molecule has 5 nitrogen and oxygen atoms in total. The molecule has 30 heavy (non-hydrogen) atoms. The molecule has 0 unspecified atom stereocenters. The van der Waals surface area contributed by atoms with Crippen molar-refractivity contribution in [3.8, 4) is 17.7 Å². The number of hydrogen-bond donors (Lipinski definition) is 1. The second-order valence-corrected chi connectivity index (χ2v) is 6.33. The topological polar surface area (TPSA) is 67.8 Å². The summed E-state index contributed by atoms with van der Waals surface area (Å²) in [5.41, 5.74) is -2.29. The van der Waals surface area contributed by atoms with E-state index in [9.17, 15) is 22.8 Å². The summed E-state index contributed by atoms with van der Waals surface area (Å²) in [6.07, 6.45) is -3.76. The Balaban J connectivity index is 1.92. The molecule has 1 N–H and O–H groups in total. The minimum absolute atomic E-state index is 0.000180. The molecule has 0 saturated heterocycles. The molecule has 0 amide bonds. The van der Waals surface area contributed by atoms with E-state index in [1.807, 2.05) is 0 Å². The van der Waals surface area contributed by atoms with Crippen LogP contribution >= 0.6 is 0 Å². The van der Waals surface area contributed by atoms with Crippen LogP contribution in [0.15, 0.2) is 76.4 Å². The Morgan fingerprint density at radius 3 is 2.30 bits per heavy atom. The molecule has 4 rings (SSSR count). The molecule has 4 aromatic rings. The molecule has 0 spiro atoms. The van der Waals surface area contributed by atoms with E-state index in [-0.39, 0.29) is 16.5 Å². The zero-order valence-electron chi connectivity index (χ0n) is 15.2. The van der Waals surface area contributed by atoms with Crippen molar-refractivity contribution in [1.29, 1.82) is 0 Å². The molecule has 0 fully saturated rings. The standard InChI is InChI=1S/C22H12F3N3O2/c23-22(24,25)17-12-15(11-10-14-6-2-1-3-7-14)13-26-19(17)28-20(29)16-8-4-5-9-18(16)27-21(28)30/h1-9,12-13H,(H,27,30). The van der Waals surface area contributed by atoms with Gasteiger partial charge in [-0.2, -0.15) is 13.2 Å². The first kappa shape index (κ1) is 19.2. The van der Waals surface area contributed by atoms with Crippen LogP contribution in [0.3, 0.4) is 0 Å². The normalized spacial score (nSPS) is 11.2. The van der Waals surface area contributed by atoms with Crippen molar-refractivity contribution >= 4 is 10.9 Å². The Morgan fingerprint density at radius 2 is 1.57 bits per heavy atom. The van der Waals surface area contributed by atoms with Crippen LogP contribution in [0.25, 0.3) is 16.7 Å². The first-order chi connectivity index (χ1) is 14.3. The fourth-order valence-corrected chi connectivity index (χ4v) is 2.93. The zero-order chi connectivity index (χ0) is 21.3. The quantitative estimate of drug-likeness (QED) is 0.491. The molecule has 0 atom stereocenters. The van der Waals surface area contributed by atoms with Gasteiger partial charge in [0, 0.05) is 17.3 Å². The third kappa shape index (κ3) is 3.61. The molecular formula is C22H12F3N3O2. The first-order valence-corrected chi connectivity index (χ1v) is 8.73. The minimum atomic E-state index is -4.86. The number of H-pyrrole nitrogens is 1. The van der Waals surface area contributed by atoms with Crippen molar-refractivity contribution in [2.24, 2.45) is 0 Å². The maximum absolute atomic E-state index is 13.7. The van der Waals surface area contributed by atoms with Gasteiger partial charge in [-0.15, -0.1) is 0 Å². The second-order valence-electron chi connectivity index (χ2n) is 6.33. The van der Waals surface area contributed by atoms with Gasteiger partial charge in [0.05, 0.1) is 10.9 Å². The van der Waals surface area contributed by atoms with Crippen molar-refractivity contribution in [2.45, 2.75) is 6.18 Å². The highest BCUT2D eigenvalue weighted by molar-refractivity contribution is 5.77. The van der Waals surface area contributed by atoms with Gasteiger partial charge >= 0.3 is 11.9 Å². The summed E-state index contributed by atoms with van der Waals surface area (Å²) in [6.45, 7) is 0. The summed E-state index contributed by atoms with van der Waals surface area (Å²) in [7, 11) is 0. The number of hydrogen-bond acceptors (Lipinski definition) is 3. The van der Waals surface area contributed by atoms with Gasteiger partial charge < -0.3 is 4.98 Å². The molecule has 2 aromatic carbocycles. The average molecular weight is 407 g/mol. The van der Waals surface area contributed by atoms with Crippen LogP contribution in [-0.4, -0.2) is 14.5 Å². The number of pyridine rings is 1. The van der Waals surface area contributed by atoms with Gasteiger partial charge in [0.25, 0.3) is 5.56 Å². The van der Waals surface area contributed by atoms with Gasteiger partial charge in [0.2, 0.25) is 0 Å². The number of para-hydroxylation sites is 1. The van der Waals surface area contributed by atoms with E-state index >= 15 is 0 Å². The maximum Gasteiger partial charge on any atom is 0.420 e. The average Bonchev–Trinajstić information content (AvgIpc) is 2.73. The Bertz CT molecular complexity index is 1430. The third-order valence-corrected chi connectivity index (χ3v) is 4.31. The number of benzene rings is 2. The first-order valence-electron chi connectivity index (χ1n) is 8.73. The molecule has 2 aromatic heterocycles. The maximum atomic E-state index is 13.7. The smallest absolute Gasteiger partial charge is 0.306 e. The number of aromatic nitrogens is 3. The van der Waals surface area contributed by atoms with E-state index in [4.69, 9.17) is 0 Å². The summed E-state index contributed by atoms with van der Waals surface area (Å²) >= 11 is 0. The van der Waals surface area contributed by atoms with Gasteiger partial charge in [-0.25, -0.2) is 14.3 Å². The molecule has 0 bridgehead atoms. The van der Waals surface area contributed by atoms with E-state index < -0.39 is 28.8 Å². The highest BCUT2D eigenvalue weighted by Crippen LogP contribution is 2.32. The van der Waals surface area contributed by atoms with E-state index in [1.54, 1.807) is 42.5 Å². The summed E-state index contributed by atoms with van der Waals surface area (Å²) in [6, 6.07) is 15.6. The lowest BCUT2D eigenvalue weighted by atomic mass is 10.1. The molecule has 148 valence electrons. The Labute approximate surface area is 167 Å². The van der Waals surface area contributed by atoms with E-state index in [2.05, 4.69) is 21.8 Å². The number of nitrogens with zero attached hydrogens (tertiary/aromatic N) is 2. The summed E-state index contributed by atoms with van der Waals surface area (Å²) < 4.78 is 41.6. The monoisotopic (exact) mass is 407 g/mol. The van der Waals surface area contributed by atoms with Crippen LogP contribution in [0.2, 0.25) is 0 Å². The lowest BCUT2D eigenvalue weighted by Gasteiger charge is -2.13. The largest absolute Gasteiger partial charge is 0.420 e. The van der Waals surface area contributed by atoms with E-state index in [1.165, 1.54) is 12.1 Å². The number of nitrogens with one attached hydrogen (secondary N) is 1. The summed E-state index contributed by atoms with van der Waals surface area (Å²) in [5, 5.41) is 0.0694. The van der Waals surface area contributed by atoms with Crippen molar-refractivity contribution in [1.82, 2.24) is 14.5 Å². The molecule has 0 aliphatic heterocycles. The number of fused-ring (bicyclic) bond motifs is 1. The van der Waals surface area contributed by atoms with Crippen molar-refractivity contribution in [3.05, 3.63) is 104 Å². The number of aromatic amines is 1. The lowest BCUT2D eigenvalue weighted by Crippen LogP contribution is -2.35. The zero-order valence-corrected chi connectivity index (χ0v) is 15.2. The number of rotatable bonds is 1. The Morgan fingerprint density at radius 1 is 0.900 bits per heavy atom. The fourth-order valence-electron chi connectivity index (χ4n) is 2.93. The highest BCUT2D eigenvalue weighted by atomic mass is 19.4. The molecule has 0 saturated carbocycles. The van der Waals surface area contributed by atoms with Crippen molar-refractivity contribution in [3.63, 3.8) is 0 Å². The predicted molar refractivity (Wildman–Crippen MR) is 105 cm³/mol. The Hall–Kier alpha value is -4.12. The van der Waals surface area contributed by atoms with E-state index in [0.29, 0.717) is 10.1 Å².